The number of H-pyrrole nitrogens is 1. The van der Waals surface area contributed by atoms with Gasteiger partial charge in [-0.3, -0.25) is 4.79 Å². The zero-order valence-electron chi connectivity index (χ0n) is 15.4. The Morgan fingerprint density at radius 1 is 1.22 bits per heavy atom. The van der Waals surface area contributed by atoms with Gasteiger partial charge in [-0.05, 0) is 67.9 Å². The van der Waals surface area contributed by atoms with Gasteiger partial charge < -0.3 is 10.3 Å². The van der Waals surface area contributed by atoms with E-state index in [4.69, 9.17) is 11.6 Å². The van der Waals surface area contributed by atoms with E-state index in [1.54, 1.807) is 0 Å². The number of halogens is 1. The van der Waals surface area contributed by atoms with Gasteiger partial charge in [0.25, 0.3) is 0 Å². The number of nitrogens with one attached hydrogen (secondary N) is 2. The number of carbonyl (C=O) groups is 1. The number of aryl methyl sites for hydroxylation is 2. The monoisotopic (exact) mass is 378 g/mol. The molecule has 1 aromatic heterocycles. The van der Waals surface area contributed by atoms with E-state index < -0.39 is 0 Å². The van der Waals surface area contributed by atoms with Gasteiger partial charge in [-0.2, -0.15) is 0 Å². The van der Waals surface area contributed by atoms with Crippen LogP contribution in [-0.2, 0) is 23.1 Å². The summed E-state index contributed by atoms with van der Waals surface area (Å²) in [5.41, 5.74) is 5.81. The van der Waals surface area contributed by atoms with Crippen LogP contribution in [0.4, 0.5) is 0 Å². The molecule has 1 amide bonds. The summed E-state index contributed by atoms with van der Waals surface area (Å²) >= 11 is 6.30. The first kappa shape index (κ1) is 16.9. The first-order chi connectivity index (χ1) is 13.1. The number of rotatable bonds is 3. The number of amides is 1. The number of benzene rings is 2. The molecule has 1 fully saturated rings. The molecule has 138 valence electrons. The van der Waals surface area contributed by atoms with Crippen LogP contribution in [0.1, 0.15) is 41.6 Å². The van der Waals surface area contributed by atoms with E-state index in [0.29, 0.717) is 0 Å². The Kier molecular flexibility index (Phi) is 3.83. The molecule has 0 bridgehead atoms. The highest BCUT2D eigenvalue weighted by Crippen LogP contribution is 2.48. The van der Waals surface area contributed by atoms with Crippen LogP contribution in [0.3, 0.4) is 0 Å². The minimum atomic E-state index is -0.304. The summed E-state index contributed by atoms with van der Waals surface area (Å²) in [6.07, 6.45) is 4.70. The van der Waals surface area contributed by atoms with Crippen LogP contribution in [0, 0.1) is 6.92 Å². The molecule has 2 aliphatic carbocycles. The van der Waals surface area contributed by atoms with Crippen LogP contribution in [0.25, 0.3) is 10.9 Å². The van der Waals surface area contributed by atoms with Crippen LogP contribution in [0.2, 0.25) is 5.02 Å². The third-order valence-corrected chi connectivity index (χ3v) is 6.52. The lowest BCUT2D eigenvalue weighted by Gasteiger charge is -2.26. The second-order valence-corrected chi connectivity index (χ2v) is 8.53. The van der Waals surface area contributed by atoms with E-state index in [1.165, 1.54) is 27.7 Å². The molecule has 0 radical (unpaired) electrons. The zero-order chi connectivity index (χ0) is 18.6. The lowest BCUT2D eigenvalue weighted by atomic mass is 9.89. The molecular formula is C23H23ClN2O. The second-order valence-electron chi connectivity index (χ2n) is 8.09. The summed E-state index contributed by atoms with van der Waals surface area (Å²) in [4.78, 5) is 16.7. The number of aromatic amines is 1. The van der Waals surface area contributed by atoms with Crippen molar-refractivity contribution in [2.45, 2.75) is 50.5 Å². The van der Waals surface area contributed by atoms with E-state index in [9.17, 15) is 4.79 Å². The average Bonchev–Trinajstić information content (AvgIpc) is 3.40. The van der Waals surface area contributed by atoms with Gasteiger partial charge in [0.05, 0.1) is 5.41 Å². The molecule has 5 rings (SSSR count). The van der Waals surface area contributed by atoms with Crippen molar-refractivity contribution in [2.24, 2.45) is 0 Å². The maximum absolute atomic E-state index is 13.1. The third kappa shape index (κ3) is 2.76. The number of hydrogen-bond acceptors (Lipinski definition) is 1. The zero-order valence-corrected chi connectivity index (χ0v) is 16.2. The number of fused-ring (bicyclic) bond motifs is 3. The predicted molar refractivity (Wildman–Crippen MR) is 109 cm³/mol. The quantitative estimate of drug-likeness (QED) is 0.673. The Bertz CT molecular complexity index is 1030. The molecule has 2 aromatic carbocycles. The molecule has 1 unspecified atom stereocenters. The molecule has 1 saturated carbocycles. The van der Waals surface area contributed by atoms with Crippen LogP contribution < -0.4 is 5.32 Å². The molecule has 1 atom stereocenters. The SMILES string of the molecule is Cc1cc(Cl)cc2c3c([nH]c12)CCC(NC(=O)C1(c2ccccc2)CC1)C3. The van der Waals surface area contributed by atoms with Crippen molar-refractivity contribution >= 4 is 28.4 Å². The van der Waals surface area contributed by atoms with Crippen LogP contribution in [0.15, 0.2) is 42.5 Å². The minimum Gasteiger partial charge on any atom is -0.358 e. The minimum absolute atomic E-state index is 0.185. The smallest absolute Gasteiger partial charge is 0.230 e. The van der Waals surface area contributed by atoms with E-state index in [-0.39, 0.29) is 17.4 Å². The van der Waals surface area contributed by atoms with Crippen molar-refractivity contribution < 1.29 is 4.79 Å². The van der Waals surface area contributed by atoms with Gasteiger partial charge in [0.15, 0.2) is 0 Å². The van der Waals surface area contributed by atoms with Crippen molar-refractivity contribution in [1.82, 2.24) is 10.3 Å². The van der Waals surface area contributed by atoms with Crippen molar-refractivity contribution in [3.05, 3.63) is 69.9 Å². The van der Waals surface area contributed by atoms with Gasteiger partial charge in [0.2, 0.25) is 5.91 Å². The fourth-order valence-electron chi connectivity index (χ4n) is 4.63. The number of hydrogen-bond donors (Lipinski definition) is 2. The summed E-state index contributed by atoms with van der Waals surface area (Å²) in [5, 5.41) is 5.34. The fourth-order valence-corrected chi connectivity index (χ4v) is 4.90. The van der Waals surface area contributed by atoms with E-state index in [2.05, 4.69) is 35.4 Å². The molecular weight excluding hydrogens is 356 g/mol. The molecule has 2 aliphatic rings. The Morgan fingerprint density at radius 3 is 2.74 bits per heavy atom. The molecule has 1 heterocycles. The second kappa shape index (κ2) is 6.13. The lowest BCUT2D eigenvalue weighted by Crippen LogP contribution is -2.44. The predicted octanol–water partition coefficient (Wildman–Crippen LogP) is 4.84. The number of carbonyl (C=O) groups excluding carboxylic acids is 1. The largest absolute Gasteiger partial charge is 0.358 e. The van der Waals surface area contributed by atoms with Gasteiger partial charge in [-0.15, -0.1) is 0 Å². The summed E-state index contributed by atoms with van der Waals surface area (Å²) in [6, 6.07) is 14.4. The first-order valence-corrected chi connectivity index (χ1v) is 10.1. The summed E-state index contributed by atoms with van der Waals surface area (Å²) in [5.74, 6) is 0.191. The number of aromatic nitrogens is 1. The molecule has 3 nitrogen and oxygen atoms in total. The highest BCUT2D eigenvalue weighted by molar-refractivity contribution is 6.31. The van der Waals surface area contributed by atoms with Crippen LogP contribution in [0.5, 0.6) is 0 Å². The topological polar surface area (TPSA) is 44.9 Å². The molecule has 0 saturated heterocycles. The van der Waals surface area contributed by atoms with E-state index >= 15 is 0 Å². The Hall–Kier alpha value is -2.26. The lowest BCUT2D eigenvalue weighted by molar-refractivity contribution is -0.124. The van der Waals surface area contributed by atoms with E-state index in [1.807, 2.05) is 24.3 Å². The third-order valence-electron chi connectivity index (χ3n) is 6.31. The van der Waals surface area contributed by atoms with Gasteiger partial charge in [0.1, 0.15) is 0 Å². The molecule has 0 spiro atoms. The Labute approximate surface area is 164 Å². The van der Waals surface area contributed by atoms with Crippen molar-refractivity contribution in [2.75, 3.05) is 0 Å². The standard InChI is InChI=1S/C23H23ClN2O/c1-14-11-16(24)12-19-18-13-17(7-8-20(18)26-21(14)19)25-22(27)23(9-10-23)15-5-3-2-4-6-15/h2-6,11-12,17,26H,7-10,13H2,1H3,(H,25,27). The van der Waals surface area contributed by atoms with Crippen LogP contribution in [-0.4, -0.2) is 16.9 Å². The molecule has 2 N–H and O–H groups in total. The molecule has 0 aliphatic heterocycles. The molecule has 27 heavy (non-hydrogen) atoms. The van der Waals surface area contributed by atoms with Gasteiger partial charge in [-0.1, -0.05) is 41.9 Å². The maximum atomic E-state index is 13.1. The highest BCUT2D eigenvalue weighted by atomic mass is 35.5. The molecule has 4 heteroatoms. The summed E-state index contributed by atoms with van der Waals surface area (Å²) in [6.45, 7) is 2.09. The highest BCUT2D eigenvalue weighted by Gasteiger charge is 2.51. The average molecular weight is 379 g/mol. The van der Waals surface area contributed by atoms with Gasteiger partial charge in [0, 0.05) is 27.7 Å². The first-order valence-electron chi connectivity index (χ1n) is 9.73. The Balaban J connectivity index is 1.39. The van der Waals surface area contributed by atoms with Crippen molar-refractivity contribution in [3.63, 3.8) is 0 Å². The fraction of sp³-hybridized carbons (Fsp3) is 0.348. The van der Waals surface area contributed by atoms with Gasteiger partial charge >= 0.3 is 0 Å². The summed E-state index contributed by atoms with van der Waals surface area (Å²) < 4.78 is 0. The summed E-state index contributed by atoms with van der Waals surface area (Å²) in [7, 11) is 0. The Morgan fingerprint density at radius 2 is 2.00 bits per heavy atom. The van der Waals surface area contributed by atoms with Crippen LogP contribution >= 0.6 is 11.6 Å². The van der Waals surface area contributed by atoms with Gasteiger partial charge in [-0.25, -0.2) is 0 Å². The van der Waals surface area contributed by atoms with Crippen molar-refractivity contribution in [1.29, 1.82) is 0 Å². The van der Waals surface area contributed by atoms with Crippen molar-refractivity contribution in [3.8, 4) is 0 Å². The normalized spacial score (nSPS) is 20.3. The maximum Gasteiger partial charge on any atom is 0.230 e. The van der Waals surface area contributed by atoms with E-state index in [0.717, 1.165) is 42.7 Å². The molecule has 3 aromatic rings.